The summed E-state index contributed by atoms with van der Waals surface area (Å²) in [5.41, 5.74) is 0.946. The fourth-order valence-corrected chi connectivity index (χ4v) is 1.71. The van der Waals surface area contributed by atoms with Gasteiger partial charge >= 0.3 is 0 Å². The maximum absolute atomic E-state index is 12.2. The van der Waals surface area contributed by atoms with Crippen LogP contribution in [-0.2, 0) is 4.79 Å². The van der Waals surface area contributed by atoms with Gasteiger partial charge < -0.3 is 10.2 Å². The second kappa shape index (κ2) is 6.28. The molecule has 1 N–H and O–H groups in total. The molecular weight excluding hydrogens is 200 g/mol. The lowest BCUT2D eigenvalue weighted by molar-refractivity contribution is -0.122. The highest BCUT2D eigenvalue weighted by Gasteiger charge is 2.20. The summed E-state index contributed by atoms with van der Waals surface area (Å²) in [7, 11) is 3.70. The molecule has 0 fully saturated rings. The maximum Gasteiger partial charge on any atom is 0.231 e. The van der Waals surface area contributed by atoms with Crippen LogP contribution in [0.2, 0.25) is 0 Å². The van der Waals surface area contributed by atoms with Crippen molar-refractivity contribution < 1.29 is 4.79 Å². The van der Waals surface area contributed by atoms with Crippen molar-refractivity contribution in [2.75, 3.05) is 25.5 Å². The van der Waals surface area contributed by atoms with Gasteiger partial charge in [-0.15, -0.1) is 0 Å². The molecule has 88 valence electrons. The first-order valence-corrected chi connectivity index (χ1v) is 5.68. The summed E-state index contributed by atoms with van der Waals surface area (Å²) in [6.45, 7) is 2.77. The lowest BCUT2D eigenvalue weighted by atomic mass is 10.0. The number of anilines is 1. The Hall–Kier alpha value is -1.35. The second-order valence-electron chi connectivity index (χ2n) is 3.90. The number of nitrogens with one attached hydrogen (secondary N) is 1. The second-order valence-corrected chi connectivity index (χ2v) is 3.90. The highest BCUT2D eigenvalue weighted by atomic mass is 16.2. The molecule has 0 bridgehead atoms. The molecule has 1 aromatic carbocycles. The van der Waals surface area contributed by atoms with Gasteiger partial charge in [-0.25, -0.2) is 0 Å². The average Bonchev–Trinajstić information content (AvgIpc) is 2.35. The van der Waals surface area contributed by atoms with Gasteiger partial charge in [0.1, 0.15) is 0 Å². The lowest BCUT2D eigenvalue weighted by Crippen LogP contribution is -2.37. The number of hydrogen-bond donors (Lipinski definition) is 1. The number of amides is 1. The Morgan fingerprint density at radius 3 is 2.50 bits per heavy atom. The first-order chi connectivity index (χ1) is 7.70. The Balaban J connectivity index is 2.73. The molecule has 1 atom stereocenters. The smallest absolute Gasteiger partial charge is 0.231 e. The summed E-state index contributed by atoms with van der Waals surface area (Å²) >= 11 is 0. The van der Waals surface area contributed by atoms with Gasteiger partial charge in [-0.3, -0.25) is 4.79 Å². The molecule has 0 spiro atoms. The largest absolute Gasteiger partial charge is 0.319 e. The highest BCUT2D eigenvalue weighted by Crippen LogP contribution is 2.15. The Morgan fingerprint density at radius 2 is 2.00 bits per heavy atom. The molecule has 16 heavy (non-hydrogen) atoms. The van der Waals surface area contributed by atoms with Crippen LogP contribution in [-0.4, -0.2) is 26.5 Å². The van der Waals surface area contributed by atoms with Crippen molar-refractivity contribution in [2.24, 2.45) is 5.92 Å². The van der Waals surface area contributed by atoms with E-state index in [-0.39, 0.29) is 11.8 Å². The molecule has 3 nitrogen and oxygen atoms in total. The van der Waals surface area contributed by atoms with E-state index in [1.54, 1.807) is 4.90 Å². The van der Waals surface area contributed by atoms with Gasteiger partial charge in [0.25, 0.3) is 0 Å². The van der Waals surface area contributed by atoms with Crippen molar-refractivity contribution in [1.29, 1.82) is 0 Å². The van der Waals surface area contributed by atoms with Crippen molar-refractivity contribution in [3.8, 4) is 0 Å². The van der Waals surface area contributed by atoms with Gasteiger partial charge in [-0.1, -0.05) is 25.1 Å². The van der Waals surface area contributed by atoms with Crippen LogP contribution in [0.4, 0.5) is 5.69 Å². The molecule has 3 heteroatoms. The van der Waals surface area contributed by atoms with Gasteiger partial charge in [0, 0.05) is 19.3 Å². The standard InChI is InChI=1S/C13H20N2O/c1-4-11(10-14-2)13(16)15(3)12-8-6-5-7-9-12/h5-9,11,14H,4,10H2,1-3H3. The first-order valence-electron chi connectivity index (χ1n) is 5.68. The van der Waals surface area contributed by atoms with Gasteiger partial charge in [-0.05, 0) is 25.6 Å². The van der Waals surface area contributed by atoms with E-state index in [4.69, 9.17) is 0 Å². The van der Waals surface area contributed by atoms with E-state index in [0.29, 0.717) is 0 Å². The fraction of sp³-hybridized carbons (Fsp3) is 0.462. The molecule has 1 rings (SSSR count). The van der Waals surface area contributed by atoms with Crippen molar-refractivity contribution in [3.05, 3.63) is 30.3 Å². The van der Waals surface area contributed by atoms with E-state index >= 15 is 0 Å². The van der Waals surface area contributed by atoms with E-state index in [0.717, 1.165) is 18.7 Å². The van der Waals surface area contributed by atoms with Crippen LogP contribution in [0.15, 0.2) is 30.3 Å². The van der Waals surface area contributed by atoms with Crippen LogP contribution in [0.3, 0.4) is 0 Å². The Bertz CT molecular complexity index is 324. The molecule has 0 aliphatic rings. The van der Waals surface area contributed by atoms with Gasteiger partial charge in [0.05, 0.1) is 5.92 Å². The van der Waals surface area contributed by atoms with Crippen LogP contribution in [0.1, 0.15) is 13.3 Å². The third kappa shape index (κ3) is 3.07. The minimum absolute atomic E-state index is 0.0511. The molecular formula is C13H20N2O. The van der Waals surface area contributed by atoms with Crippen molar-refractivity contribution >= 4 is 11.6 Å². The zero-order chi connectivity index (χ0) is 12.0. The SMILES string of the molecule is CCC(CNC)C(=O)N(C)c1ccccc1. The molecule has 0 aliphatic carbocycles. The Labute approximate surface area is 97.5 Å². The molecule has 0 heterocycles. The molecule has 0 aliphatic heterocycles. The monoisotopic (exact) mass is 220 g/mol. The minimum Gasteiger partial charge on any atom is -0.319 e. The molecule has 0 saturated heterocycles. The maximum atomic E-state index is 12.2. The van der Waals surface area contributed by atoms with Gasteiger partial charge in [0.2, 0.25) is 5.91 Å². The summed E-state index contributed by atoms with van der Waals surface area (Å²) in [5, 5.41) is 3.06. The van der Waals surface area contributed by atoms with E-state index in [1.165, 1.54) is 0 Å². The number of hydrogen-bond acceptors (Lipinski definition) is 2. The molecule has 1 unspecified atom stereocenters. The molecule has 0 radical (unpaired) electrons. The van der Waals surface area contributed by atoms with Gasteiger partial charge in [-0.2, -0.15) is 0 Å². The summed E-state index contributed by atoms with van der Waals surface area (Å²) in [4.78, 5) is 13.9. The van der Waals surface area contributed by atoms with E-state index in [2.05, 4.69) is 5.32 Å². The molecule has 0 aromatic heterocycles. The molecule has 1 amide bonds. The van der Waals surface area contributed by atoms with Crippen LogP contribution >= 0.6 is 0 Å². The highest BCUT2D eigenvalue weighted by molar-refractivity contribution is 5.94. The quantitative estimate of drug-likeness (QED) is 0.822. The lowest BCUT2D eigenvalue weighted by Gasteiger charge is -2.22. The topological polar surface area (TPSA) is 32.3 Å². The number of para-hydroxylation sites is 1. The normalized spacial score (nSPS) is 12.2. The third-order valence-electron chi connectivity index (χ3n) is 2.77. The summed E-state index contributed by atoms with van der Waals surface area (Å²) in [5.74, 6) is 0.221. The zero-order valence-corrected chi connectivity index (χ0v) is 10.2. The van der Waals surface area contributed by atoms with E-state index in [9.17, 15) is 4.79 Å². The first kappa shape index (κ1) is 12.7. The number of carbonyl (C=O) groups is 1. The molecule has 1 aromatic rings. The number of benzene rings is 1. The predicted molar refractivity (Wildman–Crippen MR) is 67.6 cm³/mol. The number of nitrogens with zero attached hydrogens (tertiary/aromatic N) is 1. The number of rotatable bonds is 5. The summed E-state index contributed by atoms with van der Waals surface area (Å²) in [6, 6.07) is 9.73. The van der Waals surface area contributed by atoms with Crippen LogP contribution < -0.4 is 10.2 Å². The minimum atomic E-state index is 0.0511. The van der Waals surface area contributed by atoms with Crippen LogP contribution in [0.5, 0.6) is 0 Å². The Morgan fingerprint density at radius 1 is 1.38 bits per heavy atom. The van der Waals surface area contributed by atoms with Crippen molar-refractivity contribution in [1.82, 2.24) is 5.32 Å². The molecule has 0 saturated carbocycles. The van der Waals surface area contributed by atoms with E-state index in [1.807, 2.05) is 51.4 Å². The summed E-state index contributed by atoms with van der Waals surface area (Å²) in [6.07, 6.45) is 0.858. The zero-order valence-electron chi connectivity index (χ0n) is 10.2. The average molecular weight is 220 g/mol. The fourth-order valence-electron chi connectivity index (χ4n) is 1.71. The summed E-state index contributed by atoms with van der Waals surface area (Å²) < 4.78 is 0. The van der Waals surface area contributed by atoms with Crippen LogP contribution in [0.25, 0.3) is 0 Å². The van der Waals surface area contributed by atoms with E-state index < -0.39 is 0 Å². The predicted octanol–water partition coefficient (Wildman–Crippen LogP) is 1.89. The van der Waals surface area contributed by atoms with Crippen LogP contribution in [0, 0.1) is 5.92 Å². The number of carbonyl (C=O) groups excluding carboxylic acids is 1. The van der Waals surface area contributed by atoms with Crippen molar-refractivity contribution in [3.63, 3.8) is 0 Å². The Kier molecular flexibility index (Phi) is 4.99. The van der Waals surface area contributed by atoms with Gasteiger partial charge in [0.15, 0.2) is 0 Å². The third-order valence-corrected chi connectivity index (χ3v) is 2.77. The van der Waals surface area contributed by atoms with Crippen molar-refractivity contribution in [2.45, 2.75) is 13.3 Å².